The molecule has 0 spiro atoms. The summed E-state index contributed by atoms with van der Waals surface area (Å²) >= 11 is 0. The van der Waals surface area contributed by atoms with Crippen LogP contribution in [-0.2, 0) is 11.3 Å². The average molecular weight is 477 g/mol. The second-order valence-electron chi connectivity index (χ2n) is 13.5. The Bertz CT molecular complexity index is 1080. The van der Waals surface area contributed by atoms with Crippen LogP contribution in [0.4, 0.5) is 0 Å². The molecule has 4 nitrogen and oxygen atoms in total. The van der Waals surface area contributed by atoms with Gasteiger partial charge in [-0.3, -0.25) is 0 Å². The number of fused-ring (bicyclic) bond motifs is 10. The van der Waals surface area contributed by atoms with Crippen LogP contribution in [0.2, 0.25) is 0 Å². The first-order chi connectivity index (χ1) is 16.7. The normalized spacial score (nSPS) is 54.8. The number of rotatable bonds is 3. The molecule has 6 saturated carbocycles. The number of ether oxygens (including phenoxy) is 1. The summed E-state index contributed by atoms with van der Waals surface area (Å²) < 4.78 is 5.81. The molecule has 0 saturated heterocycles. The highest BCUT2D eigenvalue weighted by molar-refractivity contribution is 5.36. The number of aliphatic hydroxyl groups excluding tert-OH is 1. The highest BCUT2D eigenvalue weighted by Gasteiger charge is 2.81. The maximum Gasteiger partial charge on any atom is 0.134 e. The van der Waals surface area contributed by atoms with Crippen molar-refractivity contribution in [3.05, 3.63) is 35.9 Å². The zero-order chi connectivity index (χ0) is 24.2. The minimum atomic E-state index is -0.925. The Morgan fingerprint density at radius 1 is 0.943 bits per heavy atom. The fourth-order valence-corrected chi connectivity index (χ4v) is 10.4. The van der Waals surface area contributed by atoms with E-state index < -0.39 is 11.2 Å². The van der Waals surface area contributed by atoms with E-state index in [-0.39, 0.29) is 22.9 Å². The van der Waals surface area contributed by atoms with Gasteiger partial charge >= 0.3 is 0 Å². The third-order valence-corrected chi connectivity index (χ3v) is 12.2. The maximum absolute atomic E-state index is 12.1. The van der Waals surface area contributed by atoms with Gasteiger partial charge in [0.15, 0.2) is 0 Å². The van der Waals surface area contributed by atoms with Crippen molar-refractivity contribution in [2.24, 2.45) is 52.3 Å². The summed E-state index contributed by atoms with van der Waals surface area (Å²) in [4.78, 5) is 0. The lowest BCUT2D eigenvalue weighted by Crippen LogP contribution is -2.65. The Kier molecular flexibility index (Phi) is 4.78. The van der Waals surface area contributed by atoms with Gasteiger partial charge in [0.05, 0.1) is 18.3 Å². The molecule has 12 atom stereocenters. The second kappa shape index (κ2) is 7.35. The van der Waals surface area contributed by atoms with Crippen LogP contribution in [0.25, 0.3) is 0 Å². The SMILES string of the molecule is C[C@]12CCC3C(C1[C@@H]1C[C@@H]1[C@@]2(O)C#CCOCc1ccccc1)[C@H]1C[C@H]1[C@]1(O)C[C@@H](O)CC[C@]31C. The molecule has 0 radical (unpaired) electrons. The van der Waals surface area contributed by atoms with Gasteiger partial charge in [-0.05, 0) is 85.0 Å². The van der Waals surface area contributed by atoms with Gasteiger partial charge in [0, 0.05) is 17.8 Å². The third-order valence-electron chi connectivity index (χ3n) is 12.2. The van der Waals surface area contributed by atoms with Crippen molar-refractivity contribution in [1.29, 1.82) is 0 Å². The molecule has 6 fully saturated rings. The van der Waals surface area contributed by atoms with E-state index in [0.29, 0.717) is 55.1 Å². The van der Waals surface area contributed by atoms with E-state index in [1.807, 2.05) is 18.2 Å². The monoisotopic (exact) mass is 476 g/mol. The van der Waals surface area contributed by atoms with Crippen LogP contribution < -0.4 is 0 Å². The van der Waals surface area contributed by atoms with Crippen molar-refractivity contribution in [3.63, 3.8) is 0 Å². The lowest BCUT2D eigenvalue weighted by atomic mass is 9.42. The summed E-state index contributed by atoms with van der Waals surface area (Å²) in [5.74, 6) is 9.92. The maximum atomic E-state index is 12.1. The number of hydrogen-bond acceptors (Lipinski definition) is 4. The summed E-state index contributed by atoms with van der Waals surface area (Å²) in [6.07, 6.45) is 6.17. The van der Waals surface area contributed by atoms with E-state index in [0.717, 1.165) is 44.1 Å². The standard InChI is InChI=1S/C31H40O4/c1-28-12-9-20(32)17-31(28,34)24-15-21(24)26-23(28)10-13-29(2)27(26)22-16-25(22)30(29,33)11-6-14-35-18-19-7-4-3-5-8-19/h3-5,7-8,20-27,32-34H,9-10,12-18H2,1-2H3/t20-,21-,22+,23?,24+,25-,26?,27?,28+,29-,30-,31+/m0/s1. The van der Waals surface area contributed by atoms with E-state index in [1.165, 1.54) is 0 Å². The first-order valence-corrected chi connectivity index (χ1v) is 14.0. The lowest BCUT2D eigenvalue weighted by molar-refractivity contribution is -0.233. The number of hydrogen-bond donors (Lipinski definition) is 3. The molecule has 0 bridgehead atoms. The van der Waals surface area contributed by atoms with Gasteiger partial charge < -0.3 is 20.1 Å². The minimum absolute atomic E-state index is 0.113. The van der Waals surface area contributed by atoms with Crippen LogP contribution in [-0.4, -0.2) is 39.2 Å². The lowest BCUT2D eigenvalue weighted by Gasteiger charge is -2.64. The van der Waals surface area contributed by atoms with Crippen molar-refractivity contribution in [2.75, 3.05) is 6.61 Å². The molecule has 0 amide bonds. The molecule has 6 aliphatic carbocycles. The fourth-order valence-electron chi connectivity index (χ4n) is 10.4. The zero-order valence-corrected chi connectivity index (χ0v) is 21.1. The highest BCUT2D eigenvalue weighted by atomic mass is 16.5. The quantitative estimate of drug-likeness (QED) is 0.452. The summed E-state index contributed by atoms with van der Waals surface area (Å²) in [6.45, 7) is 5.55. The molecule has 0 heterocycles. The van der Waals surface area contributed by atoms with Crippen LogP contribution >= 0.6 is 0 Å². The van der Waals surface area contributed by atoms with Crippen LogP contribution in [0.5, 0.6) is 0 Å². The Hall–Kier alpha value is -1.38. The molecule has 1 aromatic rings. The summed E-state index contributed by atoms with van der Waals surface area (Å²) in [6, 6.07) is 10.2. The summed E-state index contributed by atoms with van der Waals surface area (Å²) in [7, 11) is 0. The smallest absolute Gasteiger partial charge is 0.134 e. The van der Waals surface area contributed by atoms with E-state index in [1.54, 1.807) is 0 Å². The van der Waals surface area contributed by atoms with Crippen LogP contribution in [0.3, 0.4) is 0 Å². The van der Waals surface area contributed by atoms with Crippen molar-refractivity contribution in [3.8, 4) is 11.8 Å². The largest absolute Gasteiger partial charge is 0.393 e. The Morgan fingerprint density at radius 2 is 1.69 bits per heavy atom. The molecule has 35 heavy (non-hydrogen) atoms. The zero-order valence-electron chi connectivity index (χ0n) is 21.1. The van der Waals surface area contributed by atoms with Crippen molar-refractivity contribution < 1.29 is 20.1 Å². The Labute approximate surface area is 209 Å². The van der Waals surface area contributed by atoms with Gasteiger partial charge in [0.2, 0.25) is 0 Å². The summed E-state index contributed by atoms with van der Waals surface area (Å²) in [5.41, 5.74) is -0.788. The third kappa shape index (κ3) is 2.90. The molecule has 1 aromatic carbocycles. The molecule has 0 aromatic heterocycles. The molecule has 7 rings (SSSR count). The summed E-state index contributed by atoms with van der Waals surface area (Å²) in [5, 5.41) is 34.5. The molecular weight excluding hydrogens is 436 g/mol. The topological polar surface area (TPSA) is 69.9 Å². The second-order valence-corrected chi connectivity index (χ2v) is 13.5. The molecule has 3 N–H and O–H groups in total. The van der Waals surface area contributed by atoms with Crippen molar-refractivity contribution in [2.45, 2.75) is 82.7 Å². The van der Waals surface area contributed by atoms with Gasteiger partial charge in [-0.1, -0.05) is 56.0 Å². The number of aliphatic hydroxyl groups is 3. The first kappa shape index (κ1) is 22.8. The van der Waals surface area contributed by atoms with Crippen molar-refractivity contribution in [1.82, 2.24) is 0 Å². The van der Waals surface area contributed by atoms with E-state index in [2.05, 4.69) is 37.8 Å². The van der Waals surface area contributed by atoms with Crippen molar-refractivity contribution >= 4 is 0 Å². The van der Waals surface area contributed by atoms with Crippen LogP contribution in [0, 0.1) is 64.1 Å². The average Bonchev–Trinajstić information content (AvgIpc) is 3.74. The predicted molar refractivity (Wildman–Crippen MR) is 133 cm³/mol. The van der Waals surface area contributed by atoms with Gasteiger partial charge in [-0.2, -0.15) is 0 Å². The van der Waals surface area contributed by atoms with Gasteiger partial charge in [0.25, 0.3) is 0 Å². The molecule has 6 aliphatic rings. The minimum Gasteiger partial charge on any atom is -0.393 e. The Morgan fingerprint density at radius 3 is 2.49 bits per heavy atom. The van der Waals surface area contributed by atoms with E-state index in [4.69, 9.17) is 4.74 Å². The molecule has 4 heteroatoms. The van der Waals surface area contributed by atoms with E-state index >= 15 is 0 Å². The molecule has 188 valence electrons. The predicted octanol–water partition coefficient (Wildman–Crippen LogP) is 4.17. The number of benzene rings is 1. The van der Waals surface area contributed by atoms with Crippen LogP contribution in [0.1, 0.15) is 64.4 Å². The molecule has 3 unspecified atom stereocenters. The van der Waals surface area contributed by atoms with Crippen LogP contribution in [0.15, 0.2) is 30.3 Å². The molecule has 0 aliphatic heterocycles. The first-order valence-electron chi connectivity index (χ1n) is 14.0. The highest BCUT2D eigenvalue weighted by Crippen LogP contribution is 2.81. The Balaban J connectivity index is 1.13. The van der Waals surface area contributed by atoms with Gasteiger partial charge in [-0.15, -0.1) is 0 Å². The van der Waals surface area contributed by atoms with Gasteiger partial charge in [0.1, 0.15) is 12.2 Å². The fraction of sp³-hybridized carbons (Fsp3) is 0.742. The van der Waals surface area contributed by atoms with E-state index in [9.17, 15) is 15.3 Å². The van der Waals surface area contributed by atoms with Gasteiger partial charge in [-0.25, -0.2) is 0 Å². The molecular formula is C31H40O4.